The van der Waals surface area contributed by atoms with Crippen LogP contribution in [0, 0.1) is 0 Å². The van der Waals surface area contributed by atoms with E-state index in [1.54, 1.807) is 0 Å². The van der Waals surface area contributed by atoms with Gasteiger partial charge in [0, 0.05) is 25.9 Å². The molecule has 0 fully saturated rings. The second-order valence-electron chi connectivity index (χ2n) is 5.53. The minimum Gasteiger partial charge on any atom is -0.420 e. The lowest BCUT2D eigenvalue weighted by Crippen LogP contribution is -2.28. The molecule has 0 spiro atoms. The first kappa shape index (κ1) is 20.1. The third-order valence-electron chi connectivity index (χ3n) is 3.79. The van der Waals surface area contributed by atoms with E-state index in [0.717, 1.165) is 31.5 Å². The summed E-state index contributed by atoms with van der Waals surface area (Å²) in [5.74, 6) is 0. The monoisotopic (exact) mass is 336 g/mol. The molecule has 0 bridgehead atoms. The molecule has 1 aromatic carbocycles. The molecule has 23 heavy (non-hydrogen) atoms. The smallest absolute Gasteiger partial charge is 0.181 e. The fraction of sp³-hybridized carbons (Fsp3) is 0.579. The zero-order valence-corrected chi connectivity index (χ0v) is 16.1. The highest BCUT2D eigenvalue weighted by Gasteiger charge is 2.18. The van der Waals surface area contributed by atoms with Gasteiger partial charge in [-0.1, -0.05) is 43.8 Å². The fourth-order valence-electron chi connectivity index (χ4n) is 2.47. The molecule has 0 N–H and O–H groups in total. The van der Waals surface area contributed by atoms with Crippen LogP contribution in [-0.2, 0) is 20.3 Å². The lowest BCUT2D eigenvalue weighted by molar-refractivity contribution is -0.124. The summed E-state index contributed by atoms with van der Waals surface area (Å²) in [6.07, 6.45) is 3.90. The van der Waals surface area contributed by atoms with Gasteiger partial charge in [0.25, 0.3) is 0 Å². The van der Waals surface area contributed by atoms with E-state index in [2.05, 4.69) is 37.8 Å². The minimum atomic E-state index is -1.24. The second-order valence-corrected chi connectivity index (χ2v) is 8.39. The van der Waals surface area contributed by atoms with Gasteiger partial charge < -0.3 is 13.9 Å². The summed E-state index contributed by atoms with van der Waals surface area (Å²) in [5, 5.41) is 0. The molecule has 130 valence electrons. The van der Waals surface area contributed by atoms with Crippen LogP contribution in [0.2, 0.25) is 12.1 Å². The van der Waals surface area contributed by atoms with E-state index >= 15 is 0 Å². The molecule has 0 aliphatic rings. The predicted octanol–water partition coefficient (Wildman–Crippen LogP) is 4.42. The Balaban J connectivity index is 2.28. The average Bonchev–Trinajstić information content (AvgIpc) is 2.58. The molecule has 1 atom stereocenters. The van der Waals surface area contributed by atoms with Crippen molar-refractivity contribution in [2.45, 2.75) is 52.0 Å². The number of benzene rings is 1. The van der Waals surface area contributed by atoms with Crippen molar-refractivity contribution in [3.8, 4) is 0 Å². The second kappa shape index (κ2) is 12.5. The van der Waals surface area contributed by atoms with Crippen LogP contribution in [0.25, 0.3) is 6.08 Å². The summed E-state index contributed by atoms with van der Waals surface area (Å²) in [6, 6.07) is 10.6. The summed E-state index contributed by atoms with van der Waals surface area (Å²) >= 11 is 0. The molecule has 0 heterocycles. The summed E-state index contributed by atoms with van der Waals surface area (Å²) < 4.78 is 17.4. The van der Waals surface area contributed by atoms with Gasteiger partial charge in [-0.2, -0.15) is 0 Å². The van der Waals surface area contributed by atoms with Crippen LogP contribution < -0.4 is 0 Å². The molecule has 0 saturated carbocycles. The third kappa shape index (κ3) is 8.46. The molecule has 1 rings (SSSR count). The van der Waals surface area contributed by atoms with Crippen LogP contribution in [0.3, 0.4) is 0 Å². The molecular formula is C19H32O3Si. The van der Waals surface area contributed by atoms with Gasteiger partial charge in [0.05, 0.1) is 0 Å². The van der Waals surface area contributed by atoms with E-state index < -0.39 is 9.04 Å². The standard InChI is InChI=1S/C19H32O3Si/c1-5-17-11-13-18(14-12-17)10-9-15-22-23(8-4)16-19(20-6-2)21-7-3/h5,11-14,19,23H,1,6-10,15-16H2,2-4H3. The largest absolute Gasteiger partial charge is 0.420 e. The summed E-state index contributed by atoms with van der Waals surface area (Å²) in [5.41, 5.74) is 2.52. The number of hydrogen-bond acceptors (Lipinski definition) is 3. The molecule has 4 heteroatoms. The van der Waals surface area contributed by atoms with Crippen LogP contribution in [0.1, 0.15) is 38.3 Å². The van der Waals surface area contributed by atoms with Crippen LogP contribution in [0.5, 0.6) is 0 Å². The van der Waals surface area contributed by atoms with E-state index in [0.29, 0.717) is 13.2 Å². The van der Waals surface area contributed by atoms with E-state index in [9.17, 15) is 0 Å². The Morgan fingerprint density at radius 3 is 2.26 bits per heavy atom. The Labute approximate surface area is 143 Å². The molecule has 0 amide bonds. The van der Waals surface area contributed by atoms with Crippen LogP contribution >= 0.6 is 0 Å². The van der Waals surface area contributed by atoms with E-state index in [1.165, 1.54) is 11.1 Å². The molecular weight excluding hydrogens is 304 g/mol. The maximum Gasteiger partial charge on any atom is 0.181 e. The minimum absolute atomic E-state index is 0.0898. The van der Waals surface area contributed by atoms with Crippen molar-refractivity contribution in [1.29, 1.82) is 0 Å². The van der Waals surface area contributed by atoms with Crippen molar-refractivity contribution in [3.05, 3.63) is 42.0 Å². The summed E-state index contributed by atoms with van der Waals surface area (Å²) in [7, 11) is -1.24. The van der Waals surface area contributed by atoms with Crippen molar-refractivity contribution >= 4 is 15.1 Å². The number of aryl methyl sites for hydroxylation is 1. The van der Waals surface area contributed by atoms with Crippen molar-refractivity contribution in [2.75, 3.05) is 19.8 Å². The van der Waals surface area contributed by atoms with Gasteiger partial charge in [0.2, 0.25) is 0 Å². The first-order valence-electron chi connectivity index (χ1n) is 8.79. The Kier molecular flexibility index (Phi) is 10.9. The zero-order chi connectivity index (χ0) is 16.9. The zero-order valence-electron chi connectivity index (χ0n) is 14.9. The number of ether oxygens (including phenoxy) is 2. The highest BCUT2D eigenvalue weighted by atomic mass is 28.3. The van der Waals surface area contributed by atoms with E-state index in [1.807, 2.05) is 19.9 Å². The third-order valence-corrected chi connectivity index (χ3v) is 6.32. The maximum absolute atomic E-state index is 6.14. The van der Waals surface area contributed by atoms with Crippen molar-refractivity contribution < 1.29 is 13.9 Å². The van der Waals surface area contributed by atoms with Crippen LogP contribution in [0.15, 0.2) is 30.8 Å². The highest BCUT2D eigenvalue weighted by Crippen LogP contribution is 2.12. The molecule has 0 saturated heterocycles. The van der Waals surface area contributed by atoms with Crippen LogP contribution in [-0.4, -0.2) is 35.2 Å². The molecule has 1 aromatic rings. The highest BCUT2D eigenvalue weighted by molar-refractivity contribution is 6.51. The summed E-state index contributed by atoms with van der Waals surface area (Å²) in [4.78, 5) is 0. The Hall–Kier alpha value is -0.943. The lowest BCUT2D eigenvalue weighted by atomic mass is 10.1. The lowest BCUT2D eigenvalue weighted by Gasteiger charge is -2.21. The van der Waals surface area contributed by atoms with Crippen molar-refractivity contribution in [3.63, 3.8) is 0 Å². The van der Waals surface area contributed by atoms with Gasteiger partial charge in [0.15, 0.2) is 15.3 Å². The van der Waals surface area contributed by atoms with Gasteiger partial charge in [0.1, 0.15) is 0 Å². The van der Waals surface area contributed by atoms with Gasteiger partial charge in [-0.3, -0.25) is 0 Å². The molecule has 3 nitrogen and oxygen atoms in total. The van der Waals surface area contributed by atoms with Gasteiger partial charge in [-0.25, -0.2) is 0 Å². The SMILES string of the molecule is C=Cc1ccc(CCCO[SiH](CC)CC(OCC)OCC)cc1. The van der Waals surface area contributed by atoms with Gasteiger partial charge in [-0.05, 0) is 43.9 Å². The molecule has 0 aliphatic carbocycles. The first-order chi connectivity index (χ1) is 11.2. The van der Waals surface area contributed by atoms with E-state index in [4.69, 9.17) is 13.9 Å². The van der Waals surface area contributed by atoms with E-state index in [-0.39, 0.29) is 6.29 Å². The summed E-state index contributed by atoms with van der Waals surface area (Å²) in [6.45, 7) is 12.2. The quantitative estimate of drug-likeness (QED) is 0.303. The topological polar surface area (TPSA) is 27.7 Å². The van der Waals surface area contributed by atoms with Crippen molar-refractivity contribution in [2.24, 2.45) is 0 Å². The predicted molar refractivity (Wildman–Crippen MR) is 100 cm³/mol. The Bertz CT molecular complexity index is 413. The van der Waals surface area contributed by atoms with Gasteiger partial charge >= 0.3 is 0 Å². The first-order valence-corrected chi connectivity index (χ1v) is 10.9. The van der Waals surface area contributed by atoms with Crippen molar-refractivity contribution in [1.82, 2.24) is 0 Å². The molecule has 0 aliphatic heterocycles. The van der Waals surface area contributed by atoms with Crippen LogP contribution in [0.4, 0.5) is 0 Å². The Morgan fingerprint density at radius 1 is 1.09 bits per heavy atom. The number of rotatable bonds is 13. The normalized spacial score (nSPS) is 12.5. The fourth-order valence-corrected chi connectivity index (χ4v) is 4.38. The Morgan fingerprint density at radius 2 is 1.74 bits per heavy atom. The molecule has 1 unspecified atom stereocenters. The van der Waals surface area contributed by atoms with Gasteiger partial charge in [-0.15, -0.1) is 0 Å². The molecule has 0 aromatic heterocycles. The molecule has 0 radical (unpaired) electrons. The average molecular weight is 337 g/mol. The maximum atomic E-state index is 6.14. The number of hydrogen-bond donors (Lipinski definition) is 0.